The van der Waals surface area contributed by atoms with Crippen LogP contribution in [0.3, 0.4) is 0 Å². The Morgan fingerprint density at radius 3 is 2.44 bits per heavy atom. The van der Waals surface area contributed by atoms with Gasteiger partial charge in [0.25, 0.3) is 0 Å². The van der Waals surface area contributed by atoms with Crippen LogP contribution in [0.2, 0.25) is 0 Å². The lowest BCUT2D eigenvalue weighted by atomic mass is 9.74. The van der Waals surface area contributed by atoms with Gasteiger partial charge in [0.15, 0.2) is 5.96 Å². The molecule has 0 atom stereocenters. The van der Waals surface area contributed by atoms with Crippen molar-refractivity contribution in [2.75, 3.05) is 47.1 Å². The monoisotopic (exact) mass is 439 g/mol. The second-order valence-corrected chi connectivity index (χ2v) is 8.31. The summed E-state index contributed by atoms with van der Waals surface area (Å²) in [5, 5.41) is 6.89. The Morgan fingerprint density at radius 1 is 1.03 bits per heavy atom. The summed E-state index contributed by atoms with van der Waals surface area (Å²) in [4.78, 5) is 5.00. The maximum atomic E-state index is 5.67. The van der Waals surface area contributed by atoms with Crippen LogP contribution < -0.4 is 20.1 Å². The van der Waals surface area contributed by atoms with Crippen molar-refractivity contribution in [2.45, 2.75) is 38.5 Å². The molecule has 1 fully saturated rings. The van der Waals surface area contributed by atoms with Crippen molar-refractivity contribution < 1.29 is 14.2 Å². The number of rotatable bonds is 9. The van der Waals surface area contributed by atoms with E-state index in [9.17, 15) is 0 Å². The van der Waals surface area contributed by atoms with Gasteiger partial charge in [-0.25, -0.2) is 0 Å². The summed E-state index contributed by atoms with van der Waals surface area (Å²) < 4.78 is 16.5. The van der Waals surface area contributed by atoms with Crippen molar-refractivity contribution >= 4 is 5.96 Å². The second-order valence-electron chi connectivity index (χ2n) is 8.31. The van der Waals surface area contributed by atoms with E-state index in [1.165, 1.54) is 16.7 Å². The van der Waals surface area contributed by atoms with Crippen LogP contribution in [0.5, 0.6) is 11.5 Å². The normalized spacial score (nSPS) is 15.8. The Balaban J connectivity index is 1.70. The predicted molar refractivity (Wildman–Crippen MR) is 130 cm³/mol. The number of ether oxygens (including phenoxy) is 3. The summed E-state index contributed by atoms with van der Waals surface area (Å²) in [5.41, 5.74) is 3.72. The lowest BCUT2D eigenvalue weighted by Gasteiger charge is -2.36. The fraction of sp³-hybridized carbons (Fsp3) is 0.500. The topological polar surface area (TPSA) is 64.1 Å². The van der Waals surface area contributed by atoms with Crippen molar-refractivity contribution in [1.29, 1.82) is 0 Å². The summed E-state index contributed by atoms with van der Waals surface area (Å²) in [6.07, 6.45) is 2.79. The molecule has 0 bridgehead atoms. The number of aliphatic imine (C=N–C) groups is 1. The summed E-state index contributed by atoms with van der Waals surface area (Å²) in [7, 11) is 3.42. The Hall–Kier alpha value is -2.73. The molecule has 0 radical (unpaired) electrons. The van der Waals surface area contributed by atoms with E-state index in [1.807, 2.05) is 18.2 Å². The van der Waals surface area contributed by atoms with Gasteiger partial charge in [-0.1, -0.05) is 29.8 Å². The maximum Gasteiger partial charge on any atom is 0.191 e. The highest BCUT2D eigenvalue weighted by Crippen LogP contribution is 2.36. The number of methoxy groups -OCH3 is 2. The SMILES string of the molecule is CCNC(=NCC1(c2ccc(OC)cc2)CCOCC1)NCCc1cc(C)ccc1OC. The van der Waals surface area contributed by atoms with E-state index < -0.39 is 0 Å². The highest BCUT2D eigenvalue weighted by atomic mass is 16.5. The molecule has 1 aliphatic heterocycles. The molecule has 0 aromatic heterocycles. The largest absolute Gasteiger partial charge is 0.497 e. The summed E-state index contributed by atoms with van der Waals surface area (Å²) in [5.74, 6) is 2.65. The first-order valence-corrected chi connectivity index (χ1v) is 11.5. The molecule has 1 saturated heterocycles. The molecule has 0 saturated carbocycles. The van der Waals surface area contributed by atoms with Crippen LogP contribution in [0.25, 0.3) is 0 Å². The number of nitrogens with zero attached hydrogens (tertiary/aromatic N) is 1. The minimum Gasteiger partial charge on any atom is -0.497 e. The fourth-order valence-corrected chi connectivity index (χ4v) is 4.24. The molecule has 2 N–H and O–H groups in total. The smallest absolute Gasteiger partial charge is 0.191 e. The number of hydrogen-bond acceptors (Lipinski definition) is 4. The highest BCUT2D eigenvalue weighted by Gasteiger charge is 2.34. The van der Waals surface area contributed by atoms with Crippen molar-refractivity contribution in [2.24, 2.45) is 4.99 Å². The van der Waals surface area contributed by atoms with Crippen LogP contribution in [0, 0.1) is 6.92 Å². The van der Waals surface area contributed by atoms with Gasteiger partial charge in [0.1, 0.15) is 11.5 Å². The van der Waals surface area contributed by atoms with Gasteiger partial charge in [0.2, 0.25) is 0 Å². The molecule has 0 amide bonds. The van der Waals surface area contributed by atoms with Gasteiger partial charge in [-0.15, -0.1) is 0 Å². The van der Waals surface area contributed by atoms with Crippen LogP contribution in [0.1, 0.15) is 36.5 Å². The molecule has 32 heavy (non-hydrogen) atoms. The van der Waals surface area contributed by atoms with Gasteiger partial charge in [-0.3, -0.25) is 4.99 Å². The van der Waals surface area contributed by atoms with Crippen LogP contribution in [0.15, 0.2) is 47.5 Å². The third kappa shape index (κ3) is 6.16. The number of hydrogen-bond donors (Lipinski definition) is 2. The number of aryl methyl sites for hydroxylation is 1. The molecule has 174 valence electrons. The van der Waals surface area contributed by atoms with Crippen molar-refractivity contribution in [3.05, 3.63) is 59.2 Å². The van der Waals surface area contributed by atoms with E-state index in [4.69, 9.17) is 19.2 Å². The van der Waals surface area contributed by atoms with E-state index in [-0.39, 0.29) is 5.41 Å². The first-order valence-electron chi connectivity index (χ1n) is 11.5. The minimum absolute atomic E-state index is 0.0212. The predicted octanol–water partition coefficient (Wildman–Crippen LogP) is 3.86. The summed E-state index contributed by atoms with van der Waals surface area (Å²) in [6, 6.07) is 14.7. The summed E-state index contributed by atoms with van der Waals surface area (Å²) in [6.45, 7) is 8.04. The number of guanidine groups is 1. The van der Waals surface area contributed by atoms with Gasteiger partial charge < -0.3 is 24.8 Å². The molecule has 2 aromatic rings. The molecule has 6 heteroatoms. The number of nitrogens with one attached hydrogen (secondary N) is 2. The summed E-state index contributed by atoms with van der Waals surface area (Å²) >= 11 is 0. The average Bonchev–Trinajstić information content (AvgIpc) is 2.83. The highest BCUT2D eigenvalue weighted by molar-refractivity contribution is 5.79. The van der Waals surface area contributed by atoms with Crippen molar-refractivity contribution in [3.63, 3.8) is 0 Å². The molecule has 6 nitrogen and oxygen atoms in total. The van der Waals surface area contributed by atoms with E-state index in [0.717, 1.165) is 63.0 Å². The molecule has 0 spiro atoms. The first kappa shape index (κ1) is 23.9. The first-order chi connectivity index (χ1) is 15.6. The van der Waals surface area contributed by atoms with Gasteiger partial charge in [0, 0.05) is 31.7 Å². The van der Waals surface area contributed by atoms with Crippen LogP contribution in [-0.2, 0) is 16.6 Å². The quantitative estimate of drug-likeness (QED) is 0.459. The Labute approximate surface area is 192 Å². The minimum atomic E-state index is -0.0212. The Bertz CT molecular complexity index is 874. The van der Waals surface area contributed by atoms with Gasteiger partial charge >= 0.3 is 0 Å². The van der Waals surface area contributed by atoms with Crippen molar-refractivity contribution in [1.82, 2.24) is 10.6 Å². The molecule has 0 unspecified atom stereocenters. The average molecular weight is 440 g/mol. The third-order valence-electron chi connectivity index (χ3n) is 6.16. The van der Waals surface area contributed by atoms with E-state index in [2.05, 4.69) is 48.7 Å². The lowest BCUT2D eigenvalue weighted by Crippen LogP contribution is -2.41. The van der Waals surface area contributed by atoms with E-state index in [0.29, 0.717) is 6.54 Å². The molecule has 1 aliphatic rings. The zero-order valence-electron chi connectivity index (χ0n) is 19.9. The van der Waals surface area contributed by atoms with Crippen LogP contribution >= 0.6 is 0 Å². The lowest BCUT2D eigenvalue weighted by molar-refractivity contribution is 0.0531. The third-order valence-corrected chi connectivity index (χ3v) is 6.16. The van der Waals surface area contributed by atoms with Gasteiger partial charge in [-0.2, -0.15) is 0 Å². The van der Waals surface area contributed by atoms with Gasteiger partial charge in [0.05, 0.1) is 20.8 Å². The fourth-order valence-electron chi connectivity index (χ4n) is 4.24. The zero-order valence-corrected chi connectivity index (χ0v) is 19.9. The van der Waals surface area contributed by atoms with Crippen LogP contribution in [0.4, 0.5) is 0 Å². The zero-order chi connectivity index (χ0) is 22.8. The van der Waals surface area contributed by atoms with E-state index in [1.54, 1.807) is 14.2 Å². The van der Waals surface area contributed by atoms with Crippen LogP contribution in [-0.4, -0.2) is 53.0 Å². The molecular formula is C26H37N3O3. The van der Waals surface area contributed by atoms with Gasteiger partial charge in [-0.05, 0) is 62.4 Å². The standard InChI is InChI=1S/C26H37N3O3/c1-5-27-25(28-15-12-21-18-20(2)6-11-24(21)31-4)29-19-26(13-16-32-17-14-26)22-7-9-23(30-3)10-8-22/h6-11,18H,5,12-17,19H2,1-4H3,(H2,27,28,29). The Kier molecular flexibility index (Phi) is 8.80. The Morgan fingerprint density at radius 2 is 1.78 bits per heavy atom. The molecule has 0 aliphatic carbocycles. The van der Waals surface area contributed by atoms with E-state index >= 15 is 0 Å². The second kappa shape index (κ2) is 11.8. The molecule has 3 rings (SSSR count). The number of benzene rings is 2. The van der Waals surface area contributed by atoms with Crippen molar-refractivity contribution in [3.8, 4) is 11.5 Å². The molecule has 1 heterocycles. The molecular weight excluding hydrogens is 402 g/mol. The molecule has 2 aromatic carbocycles. The maximum absolute atomic E-state index is 5.67.